The van der Waals surface area contributed by atoms with Gasteiger partial charge in [-0.2, -0.15) is 13.2 Å². The first-order valence-corrected chi connectivity index (χ1v) is 5.25. The van der Waals surface area contributed by atoms with Crippen LogP contribution in [0.15, 0.2) is 22.6 Å². The van der Waals surface area contributed by atoms with Crippen molar-refractivity contribution in [3.05, 3.63) is 29.9 Å². The molecule has 1 aromatic heterocycles. The molecule has 0 unspecified atom stereocenters. The van der Waals surface area contributed by atoms with E-state index in [0.29, 0.717) is 5.56 Å². The summed E-state index contributed by atoms with van der Waals surface area (Å²) in [5.41, 5.74) is 0.348. The Hall–Kier alpha value is -2.18. The molecule has 0 saturated carbocycles. The summed E-state index contributed by atoms with van der Waals surface area (Å²) in [4.78, 5) is 3.40. The molecule has 19 heavy (non-hydrogen) atoms. The molecular weight excluding hydrogens is 263 g/mol. The second kappa shape index (κ2) is 4.49. The van der Waals surface area contributed by atoms with Crippen molar-refractivity contribution in [2.75, 3.05) is 7.11 Å². The third kappa shape index (κ3) is 2.49. The molecule has 2 aromatic rings. The van der Waals surface area contributed by atoms with Crippen LogP contribution in [0.5, 0.6) is 11.5 Å². The van der Waals surface area contributed by atoms with Crippen LogP contribution in [0.2, 0.25) is 0 Å². The van der Waals surface area contributed by atoms with E-state index < -0.39 is 12.1 Å². The third-order valence-corrected chi connectivity index (χ3v) is 2.49. The van der Waals surface area contributed by atoms with Gasteiger partial charge in [0.2, 0.25) is 0 Å². The van der Waals surface area contributed by atoms with Gasteiger partial charge in [0.25, 0.3) is 0 Å². The van der Waals surface area contributed by atoms with Crippen LogP contribution >= 0.6 is 0 Å². The van der Waals surface area contributed by atoms with Gasteiger partial charge in [0.15, 0.2) is 11.5 Å². The number of aryl methyl sites for hydroxylation is 1. The summed E-state index contributed by atoms with van der Waals surface area (Å²) < 4.78 is 46.8. The van der Waals surface area contributed by atoms with Crippen molar-refractivity contribution >= 4 is 0 Å². The van der Waals surface area contributed by atoms with Crippen LogP contribution in [0.1, 0.15) is 11.7 Å². The summed E-state index contributed by atoms with van der Waals surface area (Å²) in [5.74, 6) is -1.25. The van der Waals surface area contributed by atoms with E-state index in [9.17, 15) is 18.3 Å². The fourth-order valence-electron chi connectivity index (χ4n) is 1.62. The van der Waals surface area contributed by atoms with E-state index in [0.717, 1.165) is 0 Å². The molecule has 0 saturated heterocycles. The first-order chi connectivity index (χ1) is 8.82. The van der Waals surface area contributed by atoms with Crippen molar-refractivity contribution in [2.45, 2.75) is 13.1 Å². The van der Waals surface area contributed by atoms with Crippen LogP contribution in [0.4, 0.5) is 13.2 Å². The van der Waals surface area contributed by atoms with Gasteiger partial charge in [-0.1, -0.05) is 0 Å². The number of rotatable bonds is 2. The quantitative estimate of drug-likeness (QED) is 0.911. The fraction of sp³-hybridized carbons (Fsp3) is 0.250. The molecule has 1 heterocycles. The Bertz CT molecular complexity index is 605. The van der Waals surface area contributed by atoms with Crippen molar-refractivity contribution in [2.24, 2.45) is 0 Å². The summed E-state index contributed by atoms with van der Waals surface area (Å²) in [5, 5.41) is 9.60. The number of aromatic nitrogens is 1. The average Bonchev–Trinajstić information content (AvgIpc) is 2.71. The van der Waals surface area contributed by atoms with E-state index in [-0.39, 0.29) is 23.0 Å². The van der Waals surface area contributed by atoms with Crippen molar-refractivity contribution in [3.63, 3.8) is 0 Å². The molecule has 0 aliphatic carbocycles. The molecule has 1 N–H and O–H groups in total. The molecule has 0 radical (unpaired) electrons. The molecule has 0 fully saturated rings. The number of aromatic hydroxyl groups is 1. The Morgan fingerprint density at radius 1 is 1.32 bits per heavy atom. The molecule has 1 aromatic carbocycles. The number of benzene rings is 1. The van der Waals surface area contributed by atoms with Gasteiger partial charge < -0.3 is 14.3 Å². The summed E-state index contributed by atoms with van der Waals surface area (Å²) in [6.07, 6.45) is -4.64. The highest BCUT2D eigenvalue weighted by Gasteiger charge is 2.38. The van der Waals surface area contributed by atoms with Crippen LogP contribution in [0.3, 0.4) is 0 Å². The molecule has 102 valence electrons. The van der Waals surface area contributed by atoms with Crippen molar-refractivity contribution in [1.29, 1.82) is 0 Å². The first kappa shape index (κ1) is 13.3. The van der Waals surface area contributed by atoms with E-state index in [1.54, 1.807) is 0 Å². The Labute approximate surface area is 106 Å². The second-order valence-corrected chi connectivity index (χ2v) is 3.81. The standard InChI is InChI=1S/C12H10F3NO3/c1-6-10(16-11(19-6)12(13,14)15)7-3-4-9(18-2)8(17)5-7/h3-5,17H,1-2H3. The van der Waals surface area contributed by atoms with E-state index in [1.165, 1.54) is 32.2 Å². The van der Waals surface area contributed by atoms with Gasteiger partial charge >= 0.3 is 12.1 Å². The number of phenolic OH excluding ortho intramolecular Hbond substituents is 1. The monoisotopic (exact) mass is 273 g/mol. The van der Waals surface area contributed by atoms with Gasteiger partial charge in [-0.25, -0.2) is 4.98 Å². The van der Waals surface area contributed by atoms with E-state index in [4.69, 9.17) is 4.74 Å². The molecule has 0 amide bonds. The zero-order valence-corrected chi connectivity index (χ0v) is 10.1. The Morgan fingerprint density at radius 2 is 2.00 bits per heavy atom. The lowest BCUT2D eigenvalue weighted by molar-refractivity contribution is -0.157. The third-order valence-electron chi connectivity index (χ3n) is 2.49. The van der Waals surface area contributed by atoms with E-state index >= 15 is 0 Å². The summed E-state index contributed by atoms with van der Waals surface area (Å²) in [6, 6.07) is 4.19. The maximum atomic E-state index is 12.5. The SMILES string of the molecule is COc1ccc(-c2nc(C(F)(F)F)oc2C)cc1O. The Kier molecular flexibility index (Phi) is 3.13. The lowest BCUT2D eigenvalue weighted by Gasteiger charge is -2.04. The minimum Gasteiger partial charge on any atom is -0.504 e. The number of alkyl halides is 3. The van der Waals surface area contributed by atoms with Crippen LogP contribution in [-0.2, 0) is 6.18 Å². The van der Waals surface area contributed by atoms with Crippen molar-refractivity contribution < 1.29 is 27.4 Å². The molecule has 7 heteroatoms. The van der Waals surface area contributed by atoms with Gasteiger partial charge in [0, 0.05) is 5.56 Å². The van der Waals surface area contributed by atoms with Gasteiger partial charge in [-0.3, -0.25) is 0 Å². The molecule has 4 nitrogen and oxygen atoms in total. The Balaban J connectivity index is 2.48. The molecule has 0 atom stereocenters. The highest BCUT2D eigenvalue weighted by molar-refractivity contribution is 5.65. The molecule has 2 rings (SSSR count). The normalized spacial score (nSPS) is 11.6. The number of phenols is 1. The lowest BCUT2D eigenvalue weighted by Crippen LogP contribution is -2.04. The minimum absolute atomic E-state index is 0.0249. The van der Waals surface area contributed by atoms with Gasteiger partial charge in [0.1, 0.15) is 11.5 Å². The summed E-state index contributed by atoms with van der Waals surface area (Å²) in [7, 11) is 1.37. The average molecular weight is 273 g/mol. The van der Waals surface area contributed by atoms with Gasteiger partial charge in [-0.05, 0) is 25.1 Å². The number of nitrogens with zero attached hydrogens (tertiary/aromatic N) is 1. The molecule has 0 spiro atoms. The van der Waals surface area contributed by atoms with Crippen LogP contribution in [0, 0.1) is 6.92 Å². The van der Waals surface area contributed by atoms with Crippen LogP contribution < -0.4 is 4.74 Å². The lowest BCUT2D eigenvalue weighted by atomic mass is 10.1. The minimum atomic E-state index is -4.64. The molecule has 0 aliphatic heterocycles. The molecule has 0 aliphatic rings. The number of oxazole rings is 1. The Morgan fingerprint density at radius 3 is 2.47 bits per heavy atom. The highest BCUT2D eigenvalue weighted by atomic mass is 19.4. The fourth-order valence-corrected chi connectivity index (χ4v) is 1.62. The van der Waals surface area contributed by atoms with Crippen molar-refractivity contribution in [3.8, 4) is 22.8 Å². The number of halogens is 3. The zero-order chi connectivity index (χ0) is 14.2. The van der Waals surface area contributed by atoms with E-state index in [1.807, 2.05) is 0 Å². The van der Waals surface area contributed by atoms with E-state index in [2.05, 4.69) is 9.40 Å². The van der Waals surface area contributed by atoms with Gasteiger partial charge in [-0.15, -0.1) is 0 Å². The van der Waals surface area contributed by atoms with Crippen molar-refractivity contribution in [1.82, 2.24) is 4.98 Å². The van der Waals surface area contributed by atoms with Gasteiger partial charge in [0.05, 0.1) is 7.11 Å². The first-order valence-electron chi connectivity index (χ1n) is 5.25. The highest BCUT2D eigenvalue weighted by Crippen LogP contribution is 2.36. The maximum absolute atomic E-state index is 12.5. The summed E-state index contributed by atoms with van der Waals surface area (Å²) in [6.45, 7) is 1.37. The zero-order valence-electron chi connectivity index (χ0n) is 10.1. The largest absolute Gasteiger partial charge is 0.504 e. The number of ether oxygens (including phenoxy) is 1. The van der Waals surface area contributed by atoms with Crippen LogP contribution in [-0.4, -0.2) is 17.2 Å². The molecular formula is C12H10F3NO3. The smallest absolute Gasteiger partial charge is 0.468 e. The number of methoxy groups -OCH3 is 1. The second-order valence-electron chi connectivity index (χ2n) is 3.81. The predicted molar refractivity (Wildman–Crippen MR) is 59.9 cm³/mol. The summed E-state index contributed by atoms with van der Waals surface area (Å²) >= 11 is 0. The molecule has 0 bridgehead atoms. The number of hydrogen-bond donors (Lipinski definition) is 1. The maximum Gasteiger partial charge on any atom is 0.468 e. The van der Waals surface area contributed by atoms with Crippen LogP contribution in [0.25, 0.3) is 11.3 Å². The predicted octanol–water partition coefficient (Wildman–Crippen LogP) is 3.38. The number of hydrogen-bond acceptors (Lipinski definition) is 4. The topological polar surface area (TPSA) is 55.5 Å².